The Hall–Kier alpha value is -2.61. The maximum Gasteiger partial charge on any atom is 0.346 e. The second-order valence-corrected chi connectivity index (χ2v) is 5.37. The summed E-state index contributed by atoms with van der Waals surface area (Å²) in [5.41, 5.74) is 2.99. The molecule has 0 unspecified atom stereocenters. The van der Waals surface area contributed by atoms with Crippen molar-refractivity contribution in [2.24, 2.45) is 0 Å². The van der Waals surface area contributed by atoms with E-state index in [4.69, 9.17) is 9.52 Å². The Balaban J connectivity index is 2.01. The second kappa shape index (κ2) is 5.06. The molecule has 3 rings (SSSR count). The Labute approximate surface area is 122 Å². The van der Waals surface area contributed by atoms with Crippen LogP contribution >= 0.6 is 11.3 Å². The van der Waals surface area contributed by atoms with Crippen LogP contribution < -0.4 is 11.0 Å². The lowest BCUT2D eigenvalue weighted by atomic mass is 10.2. The summed E-state index contributed by atoms with van der Waals surface area (Å²) in [4.78, 5) is 28.2. The molecule has 3 aromatic heterocycles. The maximum absolute atomic E-state index is 12.4. The molecule has 0 spiro atoms. The van der Waals surface area contributed by atoms with Crippen LogP contribution in [0.2, 0.25) is 0 Å². The number of furan rings is 1. The lowest BCUT2D eigenvalue weighted by molar-refractivity contribution is 0.0701. The van der Waals surface area contributed by atoms with Gasteiger partial charge in [0, 0.05) is 0 Å². The second-order valence-electron chi connectivity index (χ2n) is 4.38. The Bertz CT molecular complexity index is 864. The van der Waals surface area contributed by atoms with Crippen LogP contribution in [0, 0.1) is 6.92 Å². The molecule has 108 valence electrons. The molecule has 0 aliphatic carbocycles. The summed E-state index contributed by atoms with van der Waals surface area (Å²) in [5.74, 6) is -0.375. The van der Waals surface area contributed by atoms with Crippen molar-refractivity contribution in [3.05, 3.63) is 51.3 Å². The molecule has 0 saturated heterocycles. The van der Waals surface area contributed by atoms with Gasteiger partial charge in [-0.25, -0.2) is 14.5 Å². The fourth-order valence-electron chi connectivity index (χ4n) is 2.02. The van der Waals surface area contributed by atoms with Gasteiger partial charge in [-0.3, -0.25) is 4.79 Å². The minimum absolute atomic E-state index is 0.137. The first-order valence-electron chi connectivity index (χ1n) is 6.08. The van der Waals surface area contributed by atoms with E-state index in [1.165, 1.54) is 11.0 Å². The molecule has 0 amide bonds. The molecule has 0 fully saturated rings. The summed E-state index contributed by atoms with van der Waals surface area (Å²) in [5, 5.41) is 9.43. The van der Waals surface area contributed by atoms with Crippen LogP contribution in [0.1, 0.15) is 21.0 Å². The quantitative estimate of drug-likeness (QED) is 0.763. The third-order valence-electron chi connectivity index (χ3n) is 3.05. The van der Waals surface area contributed by atoms with Gasteiger partial charge in [-0.1, -0.05) is 0 Å². The van der Waals surface area contributed by atoms with Gasteiger partial charge in [0.1, 0.15) is 21.8 Å². The molecular formula is C13H11N3O4S. The first-order chi connectivity index (χ1) is 10.1. The van der Waals surface area contributed by atoms with Crippen molar-refractivity contribution in [1.29, 1.82) is 0 Å². The summed E-state index contributed by atoms with van der Waals surface area (Å²) in [6.07, 6.45) is 2.89. The average molecular weight is 305 g/mol. The smallest absolute Gasteiger partial charge is 0.346 e. The number of hydrogen-bond donors (Lipinski definition) is 2. The number of hydrogen-bond acceptors (Lipinski definition) is 6. The summed E-state index contributed by atoms with van der Waals surface area (Å²) < 4.78 is 6.40. The Morgan fingerprint density at radius 2 is 2.38 bits per heavy atom. The molecule has 7 nitrogen and oxygen atoms in total. The minimum Gasteiger partial charge on any atom is -0.477 e. The highest BCUT2D eigenvalue weighted by molar-refractivity contribution is 7.20. The molecule has 0 aliphatic heterocycles. The van der Waals surface area contributed by atoms with Crippen molar-refractivity contribution in [3.8, 4) is 0 Å². The standard InChI is InChI=1S/C13H11N3O4S/c1-7-9-11(21-10(7)13(18)19)14-6-16(12(9)17)15-5-8-3-2-4-20-8/h2-4,6,15H,5H2,1H3,(H,18,19). The molecule has 0 aromatic carbocycles. The number of carbonyl (C=O) groups is 1. The van der Waals surface area contributed by atoms with Crippen molar-refractivity contribution in [2.45, 2.75) is 13.5 Å². The molecule has 0 saturated carbocycles. The summed E-state index contributed by atoms with van der Waals surface area (Å²) >= 11 is 1.00. The van der Waals surface area contributed by atoms with Crippen LogP contribution in [0.15, 0.2) is 33.9 Å². The van der Waals surface area contributed by atoms with Gasteiger partial charge in [-0.15, -0.1) is 11.3 Å². The van der Waals surface area contributed by atoms with E-state index in [1.807, 2.05) is 0 Å². The Morgan fingerprint density at radius 3 is 3.05 bits per heavy atom. The number of fused-ring (bicyclic) bond motifs is 1. The number of aromatic carboxylic acids is 1. The molecule has 0 atom stereocenters. The zero-order valence-corrected chi connectivity index (χ0v) is 11.8. The van der Waals surface area contributed by atoms with E-state index in [2.05, 4.69) is 10.4 Å². The Morgan fingerprint density at radius 1 is 1.57 bits per heavy atom. The van der Waals surface area contributed by atoms with Crippen LogP contribution in [0.4, 0.5) is 0 Å². The fourth-order valence-corrected chi connectivity index (χ4v) is 3.00. The lowest BCUT2D eigenvalue weighted by Crippen LogP contribution is -2.28. The summed E-state index contributed by atoms with van der Waals surface area (Å²) in [6, 6.07) is 3.53. The van der Waals surface area contributed by atoms with Crippen LogP contribution in [0.5, 0.6) is 0 Å². The molecule has 0 aliphatic rings. The van der Waals surface area contributed by atoms with Gasteiger partial charge in [0.2, 0.25) is 0 Å². The topological polar surface area (TPSA) is 97.4 Å². The molecule has 0 radical (unpaired) electrons. The van der Waals surface area contributed by atoms with E-state index in [1.54, 1.807) is 25.3 Å². The predicted octanol–water partition coefficient (Wildman–Crippen LogP) is 1.80. The van der Waals surface area contributed by atoms with E-state index >= 15 is 0 Å². The van der Waals surface area contributed by atoms with Gasteiger partial charge in [-0.2, -0.15) is 0 Å². The van der Waals surface area contributed by atoms with Gasteiger partial charge >= 0.3 is 5.97 Å². The number of aromatic nitrogens is 2. The van der Waals surface area contributed by atoms with Crippen LogP contribution in [-0.2, 0) is 6.54 Å². The van der Waals surface area contributed by atoms with Gasteiger partial charge < -0.3 is 14.9 Å². The lowest BCUT2D eigenvalue weighted by Gasteiger charge is -2.07. The highest BCUT2D eigenvalue weighted by atomic mass is 32.1. The normalized spacial score (nSPS) is 10.9. The first kappa shape index (κ1) is 13.4. The molecule has 8 heteroatoms. The van der Waals surface area contributed by atoms with Crippen molar-refractivity contribution in [3.63, 3.8) is 0 Å². The Kier molecular flexibility index (Phi) is 3.22. The van der Waals surface area contributed by atoms with Crippen molar-refractivity contribution < 1.29 is 14.3 Å². The molecule has 3 aromatic rings. The van der Waals surface area contributed by atoms with Crippen molar-refractivity contribution in [2.75, 3.05) is 5.43 Å². The van der Waals surface area contributed by atoms with Crippen LogP contribution in [0.25, 0.3) is 10.2 Å². The van der Waals surface area contributed by atoms with Gasteiger partial charge in [0.25, 0.3) is 5.56 Å². The van der Waals surface area contributed by atoms with E-state index < -0.39 is 5.97 Å². The third-order valence-corrected chi connectivity index (χ3v) is 4.24. The first-order valence-corrected chi connectivity index (χ1v) is 6.90. The van der Waals surface area contributed by atoms with E-state index in [-0.39, 0.29) is 10.4 Å². The number of rotatable bonds is 4. The molecule has 0 bridgehead atoms. The summed E-state index contributed by atoms with van der Waals surface area (Å²) in [7, 11) is 0. The van der Waals surface area contributed by atoms with E-state index in [9.17, 15) is 9.59 Å². The number of nitrogens with zero attached hydrogens (tertiary/aromatic N) is 2. The zero-order chi connectivity index (χ0) is 15.0. The van der Waals surface area contributed by atoms with Crippen molar-refractivity contribution in [1.82, 2.24) is 9.66 Å². The number of nitrogens with one attached hydrogen (secondary N) is 1. The van der Waals surface area contributed by atoms with E-state index in [0.29, 0.717) is 28.1 Å². The van der Waals surface area contributed by atoms with Crippen LogP contribution in [0.3, 0.4) is 0 Å². The van der Waals surface area contributed by atoms with E-state index in [0.717, 1.165) is 11.3 Å². The maximum atomic E-state index is 12.4. The fraction of sp³-hybridized carbons (Fsp3) is 0.154. The largest absolute Gasteiger partial charge is 0.477 e. The SMILES string of the molecule is Cc1c(C(=O)O)sc2ncn(NCc3ccco3)c(=O)c12. The molecule has 3 heterocycles. The van der Waals surface area contributed by atoms with Crippen molar-refractivity contribution >= 4 is 27.5 Å². The third kappa shape index (κ3) is 2.29. The average Bonchev–Trinajstić information content (AvgIpc) is 3.06. The highest BCUT2D eigenvalue weighted by Gasteiger charge is 2.18. The molecular weight excluding hydrogens is 294 g/mol. The number of carboxylic acids is 1. The predicted molar refractivity (Wildman–Crippen MR) is 77.3 cm³/mol. The summed E-state index contributed by atoms with van der Waals surface area (Å²) in [6.45, 7) is 1.94. The van der Waals surface area contributed by atoms with Crippen LogP contribution in [-0.4, -0.2) is 20.7 Å². The number of aryl methyl sites for hydroxylation is 1. The molecule has 21 heavy (non-hydrogen) atoms. The molecule has 2 N–H and O–H groups in total. The van der Waals surface area contributed by atoms with Gasteiger partial charge in [-0.05, 0) is 24.6 Å². The van der Waals surface area contributed by atoms with Gasteiger partial charge in [0.15, 0.2) is 0 Å². The van der Waals surface area contributed by atoms with Gasteiger partial charge in [0.05, 0.1) is 18.2 Å². The number of thiophene rings is 1. The highest BCUT2D eigenvalue weighted by Crippen LogP contribution is 2.26. The number of carboxylic acid groups (broad SMARTS) is 1. The minimum atomic E-state index is -1.05. The zero-order valence-electron chi connectivity index (χ0n) is 11.0. The monoisotopic (exact) mass is 305 g/mol.